The van der Waals surface area contributed by atoms with E-state index in [1.54, 1.807) is 0 Å². The van der Waals surface area contributed by atoms with E-state index in [2.05, 4.69) is 26.1 Å². The van der Waals surface area contributed by atoms with Gasteiger partial charge >= 0.3 is 5.97 Å². The highest BCUT2D eigenvalue weighted by Crippen LogP contribution is 2.23. The van der Waals surface area contributed by atoms with Crippen molar-refractivity contribution in [2.45, 2.75) is 58.0 Å². The summed E-state index contributed by atoms with van der Waals surface area (Å²) in [5, 5.41) is 12.0. The van der Waals surface area contributed by atoms with Crippen LogP contribution in [0.25, 0.3) is 0 Å². The van der Waals surface area contributed by atoms with Crippen molar-refractivity contribution in [3.63, 3.8) is 0 Å². The average Bonchev–Trinajstić information content (AvgIpc) is 2.26. The SMILES string of the molecule is CC(C)(C)CC(N)CC(=O)NC1(C(=O)O)CCOCC1. The zero-order valence-electron chi connectivity index (χ0n) is 12.6. The van der Waals surface area contributed by atoms with Crippen LogP contribution in [0.15, 0.2) is 0 Å². The Morgan fingerprint density at radius 3 is 2.35 bits per heavy atom. The van der Waals surface area contributed by atoms with Crippen molar-refractivity contribution in [2.24, 2.45) is 11.1 Å². The van der Waals surface area contributed by atoms with Crippen LogP contribution in [0.1, 0.15) is 46.5 Å². The second kappa shape index (κ2) is 6.54. The molecule has 0 radical (unpaired) electrons. The summed E-state index contributed by atoms with van der Waals surface area (Å²) < 4.78 is 5.16. The van der Waals surface area contributed by atoms with Crippen LogP contribution in [0.3, 0.4) is 0 Å². The van der Waals surface area contributed by atoms with E-state index in [4.69, 9.17) is 10.5 Å². The lowest BCUT2D eigenvalue weighted by molar-refractivity contribution is -0.152. The fraction of sp³-hybridized carbons (Fsp3) is 0.857. The Bertz CT molecular complexity index is 357. The molecule has 1 unspecified atom stereocenters. The summed E-state index contributed by atoms with van der Waals surface area (Å²) in [6.07, 6.45) is 1.45. The number of hydrogen-bond acceptors (Lipinski definition) is 4. The lowest BCUT2D eigenvalue weighted by Gasteiger charge is -2.34. The molecule has 1 saturated heterocycles. The molecule has 1 aliphatic rings. The number of nitrogens with two attached hydrogens (primary N) is 1. The fourth-order valence-electron chi connectivity index (χ4n) is 2.53. The van der Waals surface area contributed by atoms with Crippen LogP contribution < -0.4 is 11.1 Å². The van der Waals surface area contributed by atoms with Gasteiger partial charge in [0.25, 0.3) is 0 Å². The van der Waals surface area contributed by atoms with Crippen molar-refractivity contribution >= 4 is 11.9 Å². The summed E-state index contributed by atoms with van der Waals surface area (Å²) in [6.45, 7) is 6.87. The molecule has 0 aromatic rings. The molecular weight excluding hydrogens is 260 g/mol. The van der Waals surface area contributed by atoms with Gasteiger partial charge in [0, 0.05) is 38.5 Å². The minimum Gasteiger partial charge on any atom is -0.480 e. The standard InChI is InChI=1S/C14H26N2O4/c1-13(2,3)9-10(15)8-11(17)16-14(12(18)19)4-6-20-7-5-14/h10H,4-9,15H2,1-3H3,(H,16,17)(H,18,19). The number of amides is 1. The molecule has 1 fully saturated rings. The lowest BCUT2D eigenvalue weighted by atomic mass is 9.86. The van der Waals surface area contributed by atoms with Gasteiger partial charge in [-0.25, -0.2) is 4.79 Å². The topological polar surface area (TPSA) is 102 Å². The number of carbonyl (C=O) groups is 2. The van der Waals surface area contributed by atoms with Crippen LogP contribution in [-0.2, 0) is 14.3 Å². The number of rotatable bonds is 5. The first kappa shape index (κ1) is 16.9. The monoisotopic (exact) mass is 286 g/mol. The second-order valence-electron chi connectivity index (χ2n) is 6.78. The molecule has 0 bridgehead atoms. The van der Waals surface area contributed by atoms with Gasteiger partial charge in [-0.1, -0.05) is 20.8 Å². The van der Waals surface area contributed by atoms with Gasteiger partial charge in [-0.2, -0.15) is 0 Å². The van der Waals surface area contributed by atoms with Crippen molar-refractivity contribution in [1.82, 2.24) is 5.32 Å². The van der Waals surface area contributed by atoms with Crippen LogP contribution in [-0.4, -0.2) is 41.8 Å². The van der Waals surface area contributed by atoms with Crippen LogP contribution in [0.5, 0.6) is 0 Å². The first-order valence-corrected chi connectivity index (χ1v) is 7.02. The molecule has 116 valence electrons. The smallest absolute Gasteiger partial charge is 0.329 e. The predicted molar refractivity (Wildman–Crippen MR) is 75.2 cm³/mol. The van der Waals surface area contributed by atoms with E-state index >= 15 is 0 Å². The molecule has 6 heteroatoms. The number of carboxylic acid groups (broad SMARTS) is 1. The van der Waals surface area contributed by atoms with Crippen LogP contribution in [0.2, 0.25) is 0 Å². The Balaban J connectivity index is 2.57. The first-order chi connectivity index (χ1) is 9.15. The number of carboxylic acids is 1. The number of aliphatic carboxylic acids is 1. The van der Waals surface area contributed by atoms with Gasteiger partial charge < -0.3 is 20.9 Å². The molecule has 1 aliphatic heterocycles. The number of carbonyl (C=O) groups excluding carboxylic acids is 1. The van der Waals surface area contributed by atoms with Gasteiger partial charge in [0.05, 0.1) is 0 Å². The summed E-state index contributed by atoms with van der Waals surface area (Å²) >= 11 is 0. The van der Waals surface area contributed by atoms with E-state index in [1.807, 2.05) is 0 Å². The molecule has 1 heterocycles. The van der Waals surface area contributed by atoms with Gasteiger partial charge in [-0.3, -0.25) is 4.79 Å². The summed E-state index contributed by atoms with van der Waals surface area (Å²) in [5.74, 6) is -1.30. The highest BCUT2D eigenvalue weighted by Gasteiger charge is 2.41. The molecule has 20 heavy (non-hydrogen) atoms. The summed E-state index contributed by atoms with van der Waals surface area (Å²) in [7, 11) is 0. The first-order valence-electron chi connectivity index (χ1n) is 7.02. The van der Waals surface area contributed by atoms with E-state index in [0.717, 1.165) is 0 Å². The third-order valence-electron chi connectivity index (χ3n) is 3.46. The van der Waals surface area contributed by atoms with E-state index in [-0.39, 0.29) is 23.8 Å². The molecule has 1 rings (SSSR count). The molecule has 0 aliphatic carbocycles. The van der Waals surface area contributed by atoms with Gasteiger partial charge in [0.1, 0.15) is 5.54 Å². The Hall–Kier alpha value is -1.14. The van der Waals surface area contributed by atoms with Crippen molar-refractivity contribution in [3.05, 3.63) is 0 Å². The molecule has 6 nitrogen and oxygen atoms in total. The van der Waals surface area contributed by atoms with Gasteiger partial charge in [-0.15, -0.1) is 0 Å². The Morgan fingerprint density at radius 2 is 1.90 bits per heavy atom. The highest BCUT2D eigenvalue weighted by atomic mass is 16.5. The van der Waals surface area contributed by atoms with Gasteiger partial charge in [-0.05, 0) is 11.8 Å². The molecule has 0 aromatic heterocycles. The summed E-state index contributed by atoms with van der Waals surface area (Å²) in [4.78, 5) is 23.4. The maximum Gasteiger partial charge on any atom is 0.329 e. The van der Waals surface area contributed by atoms with Crippen molar-refractivity contribution in [1.29, 1.82) is 0 Å². The summed E-state index contributed by atoms with van der Waals surface area (Å²) in [5.41, 5.74) is 4.80. The molecule has 1 atom stereocenters. The van der Waals surface area contributed by atoms with Gasteiger partial charge in [0.2, 0.25) is 5.91 Å². The Labute approximate surface area is 120 Å². The van der Waals surface area contributed by atoms with Gasteiger partial charge in [0.15, 0.2) is 0 Å². The number of nitrogens with one attached hydrogen (secondary N) is 1. The number of hydrogen-bond donors (Lipinski definition) is 3. The minimum atomic E-state index is -1.20. The maximum absolute atomic E-state index is 12.0. The normalized spacial score (nSPS) is 20.2. The second-order valence-corrected chi connectivity index (χ2v) is 6.78. The van der Waals surface area contributed by atoms with E-state index in [9.17, 15) is 14.7 Å². The Morgan fingerprint density at radius 1 is 1.35 bits per heavy atom. The van der Waals surface area contributed by atoms with E-state index in [0.29, 0.717) is 32.5 Å². The maximum atomic E-state index is 12.0. The molecule has 0 aromatic carbocycles. The fourth-order valence-corrected chi connectivity index (χ4v) is 2.53. The van der Waals surface area contributed by atoms with E-state index < -0.39 is 11.5 Å². The Kier molecular flexibility index (Phi) is 5.53. The molecule has 0 spiro atoms. The third-order valence-corrected chi connectivity index (χ3v) is 3.46. The largest absolute Gasteiger partial charge is 0.480 e. The van der Waals surface area contributed by atoms with Crippen LogP contribution in [0.4, 0.5) is 0 Å². The van der Waals surface area contributed by atoms with Crippen molar-refractivity contribution < 1.29 is 19.4 Å². The number of ether oxygens (including phenoxy) is 1. The predicted octanol–water partition coefficient (Wildman–Crippen LogP) is 0.890. The molecule has 1 amide bonds. The average molecular weight is 286 g/mol. The molecule has 4 N–H and O–H groups in total. The zero-order chi connectivity index (χ0) is 15.4. The quantitative estimate of drug-likeness (QED) is 0.696. The minimum absolute atomic E-state index is 0.0445. The lowest BCUT2D eigenvalue weighted by Crippen LogP contribution is -2.58. The summed E-state index contributed by atoms with van der Waals surface area (Å²) in [6, 6.07) is -0.263. The van der Waals surface area contributed by atoms with Crippen molar-refractivity contribution in [2.75, 3.05) is 13.2 Å². The van der Waals surface area contributed by atoms with Crippen LogP contribution >= 0.6 is 0 Å². The third kappa shape index (κ3) is 5.09. The molecule has 0 saturated carbocycles. The molecular formula is C14H26N2O4. The van der Waals surface area contributed by atoms with E-state index in [1.165, 1.54) is 0 Å². The highest BCUT2D eigenvalue weighted by molar-refractivity contribution is 5.87. The van der Waals surface area contributed by atoms with Crippen molar-refractivity contribution in [3.8, 4) is 0 Å². The van der Waals surface area contributed by atoms with Crippen LogP contribution in [0, 0.1) is 5.41 Å². The zero-order valence-corrected chi connectivity index (χ0v) is 12.6.